The lowest BCUT2D eigenvalue weighted by molar-refractivity contribution is -0.0670. The number of carbonyl (C=O) groups is 1. The van der Waals surface area contributed by atoms with Crippen LogP contribution in [0.3, 0.4) is 0 Å². The molecule has 164 valence electrons. The summed E-state index contributed by atoms with van der Waals surface area (Å²) in [5.41, 5.74) is 2.39. The number of benzene rings is 2. The molecule has 3 aromatic rings. The Morgan fingerprint density at radius 3 is 2.56 bits per heavy atom. The molecule has 6 rings (SSSR count). The van der Waals surface area contributed by atoms with Crippen LogP contribution in [0.25, 0.3) is 11.4 Å². The zero-order chi connectivity index (χ0) is 22.2. The van der Waals surface area contributed by atoms with Gasteiger partial charge in [-0.2, -0.15) is 0 Å². The molecule has 1 aliphatic carbocycles. The molecule has 2 aromatic carbocycles. The second kappa shape index (κ2) is 8.34. The van der Waals surface area contributed by atoms with Crippen LogP contribution in [-0.4, -0.2) is 39.5 Å². The predicted molar refractivity (Wildman–Crippen MR) is 120 cm³/mol. The number of carbonyl (C=O) groups excluding carboxylic acids is 1. The van der Waals surface area contributed by atoms with Gasteiger partial charge in [-0.15, -0.1) is 0 Å². The number of fused-ring (bicyclic) bond motifs is 2. The van der Waals surface area contributed by atoms with Crippen molar-refractivity contribution in [1.29, 1.82) is 0 Å². The molecule has 0 radical (unpaired) electrons. The lowest BCUT2D eigenvalue weighted by Crippen LogP contribution is -2.64. The predicted octanol–water partition coefficient (Wildman–Crippen LogP) is 4.91. The van der Waals surface area contributed by atoms with E-state index in [-0.39, 0.29) is 23.8 Å². The molecule has 2 bridgehead atoms. The van der Waals surface area contributed by atoms with Crippen LogP contribution in [0, 0.1) is 24.6 Å². The second-order valence-corrected chi connectivity index (χ2v) is 8.91. The van der Waals surface area contributed by atoms with Gasteiger partial charge in [0, 0.05) is 24.0 Å². The van der Waals surface area contributed by atoms with Crippen LogP contribution in [-0.2, 0) is 0 Å². The summed E-state index contributed by atoms with van der Waals surface area (Å²) in [6.07, 6.45) is 5.44. The fourth-order valence-electron chi connectivity index (χ4n) is 4.99. The molecular weight excluding hydrogens is 405 g/mol. The van der Waals surface area contributed by atoms with E-state index in [1.165, 1.54) is 12.1 Å². The topological polar surface area (TPSA) is 55.3 Å². The summed E-state index contributed by atoms with van der Waals surface area (Å²) in [7, 11) is 0. The van der Waals surface area contributed by atoms with Gasteiger partial charge in [0.15, 0.2) is 5.82 Å². The highest BCUT2D eigenvalue weighted by atomic mass is 19.1. The van der Waals surface area contributed by atoms with Gasteiger partial charge in [0.25, 0.3) is 5.91 Å². The van der Waals surface area contributed by atoms with Gasteiger partial charge in [0.05, 0.1) is 11.6 Å². The Kier molecular flexibility index (Phi) is 5.37. The maximum atomic E-state index is 14.0. The number of nitrogens with zero attached hydrogens (tertiary/aromatic N) is 3. The van der Waals surface area contributed by atoms with Crippen molar-refractivity contribution in [2.24, 2.45) is 11.8 Å². The van der Waals surface area contributed by atoms with E-state index in [1.807, 2.05) is 30.0 Å². The number of amides is 1. The number of ether oxygens (including phenoxy) is 1. The molecule has 3 aliphatic rings. The molecular formula is C26H26FN3O2. The average molecular weight is 432 g/mol. The SMILES string of the molecule is Cc1ccc(-c2ncccn2)c(C(=O)N2C3CC(C3)[C@H](C)[C@@H]2COc2ccc(F)cc2)c1. The molecule has 1 amide bonds. The van der Waals surface area contributed by atoms with Gasteiger partial charge in [-0.1, -0.05) is 24.6 Å². The summed E-state index contributed by atoms with van der Waals surface area (Å²) in [5, 5.41) is 0. The van der Waals surface area contributed by atoms with Crippen LogP contribution in [0.15, 0.2) is 60.9 Å². The summed E-state index contributed by atoms with van der Waals surface area (Å²) in [6, 6.07) is 13.8. The van der Waals surface area contributed by atoms with Crippen molar-refractivity contribution >= 4 is 5.91 Å². The third kappa shape index (κ3) is 3.74. The van der Waals surface area contributed by atoms with Crippen LogP contribution in [0.1, 0.15) is 35.7 Å². The Labute approximate surface area is 187 Å². The van der Waals surface area contributed by atoms with Crippen LogP contribution in [0.2, 0.25) is 0 Å². The normalized spacial score (nSPS) is 24.0. The van der Waals surface area contributed by atoms with Gasteiger partial charge in [-0.25, -0.2) is 14.4 Å². The summed E-state index contributed by atoms with van der Waals surface area (Å²) < 4.78 is 19.3. The first-order chi connectivity index (χ1) is 15.5. The molecule has 2 saturated heterocycles. The highest BCUT2D eigenvalue weighted by Gasteiger charge is 2.51. The molecule has 32 heavy (non-hydrogen) atoms. The smallest absolute Gasteiger partial charge is 0.255 e. The van der Waals surface area contributed by atoms with E-state index in [0.717, 1.165) is 24.0 Å². The molecule has 0 N–H and O–H groups in total. The highest BCUT2D eigenvalue weighted by molar-refractivity contribution is 6.01. The summed E-state index contributed by atoms with van der Waals surface area (Å²) in [5.74, 6) is 1.80. The minimum absolute atomic E-state index is 0.00106. The minimum atomic E-state index is -0.295. The van der Waals surface area contributed by atoms with Crippen molar-refractivity contribution in [3.63, 3.8) is 0 Å². The van der Waals surface area contributed by atoms with Gasteiger partial charge in [-0.05, 0) is 68.0 Å². The van der Waals surface area contributed by atoms with Crippen molar-refractivity contribution in [1.82, 2.24) is 14.9 Å². The Bertz CT molecular complexity index is 1110. The van der Waals surface area contributed by atoms with Gasteiger partial charge >= 0.3 is 0 Å². The van der Waals surface area contributed by atoms with Gasteiger partial charge in [0.2, 0.25) is 0 Å². The number of halogens is 1. The molecule has 0 unspecified atom stereocenters. The Hall–Kier alpha value is -3.28. The zero-order valence-corrected chi connectivity index (χ0v) is 18.2. The number of hydrogen-bond donors (Lipinski definition) is 0. The first-order valence-electron chi connectivity index (χ1n) is 11.1. The van der Waals surface area contributed by atoms with E-state index in [2.05, 4.69) is 16.9 Å². The molecule has 5 nitrogen and oxygen atoms in total. The Balaban J connectivity index is 1.46. The maximum absolute atomic E-state index is 14.0. The molecule has 1 saturated carbocycles. The van der Waals surface area contributed by atoms with E-state index in [9.17, 15) is 9.18 Å². The van der Waals surface area contributed by atoms with Crippen molar-refractivity contribution in [3.8, 4) is 17.1 Å². The van der Waals surface area contributed by atoms with Crippen LogP contribution < -0.4 is 4.74 Å². The lowest BCUT2D eigenvalue weighted by atomic mass is 9.64. The fourth-order valence-corrected chi connectivity index (χ4v) is 4.99. The van der Waals surface area contributed by atoms with E-state index >= 15 is 0 Å². The van der Waals surface area contributed by atoms with Crippen LogP contribution in [0.5, 0.6) is 5.75 Å². The Morgan fingerprint density at radius 2 is 1.84 bits per heavy atom. The first-order valence-corrected chi connectivity index (χ1v) is 11.1. The van der Waals surface area contributed by atoms with Crippen molar-refractivity contribution in [2.45, 2.75) is 38.8 Å². The standard InChI is InChI=1S/C26H26FN3O2/c1-16-4-9-22(25-28-10-3-11-29-25)23(12-16)26(31)30-20-13-18(14-20)17(2)24(30)15-32-21-7-5-19(27)6-8-21/h3-12,17-18,20,24H,13-15H2,1-2H3/t17-,18?,20?,24-/m0/s1. The molecule has 3 heterocycles. The van der Waals surface area contributed by atoms with E-state index in [4.69, 9.17) is 4.74 Å². The summed E-state index contributed by atoms with van der Waals surface area (Å²) in [4.78, 5) is 24.7. The number of hydrogen-bond acceptors (Lipinski definition) is 4. The molecule has 6 heteroatoms. The number of aryl methyl sites for hydroxylation is 1. The third-order valence-electron chi connectivity index (χ3n) is 6.93. The van der Waals surface area contributed by atoms with Gasteiger partial charge in [-0.3, -0.25) is 4.79 Å². The number of aromatic nitrogens is 2. The maximum Gasteiger partial charge on any atom is 0.255 e. The Morgan fingerprint density at radius 1 is 1.12 bits per heavy atom. The summed E-state index contributed by atoms with van der Waals surface area (Å²) >= 11 is 0. The van der Waals surface area contributed by atoms with E-state index in [0.29, 0.717) is 35.6 Å². The number of piperidine rings is 2. The monoisotopic (exact) mass is 431 g/mol. The largest absolute Gasteiger partial charge is 0.491 e. The molecule has 1 aromatic heterocycles. The van der Waals surface area contributed by atoms with Gasteiger partial charge < -0.3 is 9.64 Å². The molecule has 2 aliphatic heterocycles. The molecule has 0 spiro atoms. The highest BCUT2D eigenvalue weighted by Crippen LogP contribution is 2.47. The third-order valence-corrected chi connectivity index (χ3v) is 6.93. The quantitative estimate of drug-likeness (QED) is 0.576. The molecule has 2 atom stereocenters. The minimum Gasteiger partial charge on any atom is -0.491 e. The van der Waals surface area contributed by atoms with E-state index < -0.39 is 0 Å². The van der Waals surface area contributed by atoms with Gasteiger partial charge in [0.1, 0.15) is 18.2 Å². The fraction of sp³-hybridized carbons (Fsp3) is 0.346. The van der Waals surface area contributed by atoms with Crippen molar-refractivity contribution in [2.75, 3.05) is 6.61 Å². The number of rotatable bonds is 5. The van der Waals surface area contributed by atoms with Crippen molar-refractivity contribution < 1.29 is 13.9 Å². The van der Waals surface area contributed by atoms with Crippen molar-refractivity contribution in [3.05, 3.63) is 77.9 Å². The second-order valence-electron chi connectivity index (χ2n) is 8.91. The van der Waals surface area contributed by atoms with Crippen LogP contribution >= 0.6 is 0 Å². The average Bonchev–Trinajstić information content (AvgIpc) is 2.78. The zero-order valence-electron chi connectivity index (χ0n) is 18.2. The van der Waals surface area contributed by atoms with Crippen LogP contribution in [0.4, 0.5) is 4.39 Å². The lowest BCUT2D eigenvalue weighted by Gasteiger charge is -2.57. The molecule has 3 fully saturated rings. The summed E-state index contributed by atoms with van der Waals surface area (Å²) in [6.45, 7) is 4.57. The first kappa shape index (κ1) is 20.6. The van der Waals surface area contributed by atoms with E-state index in [1.54, 1.807) is 30.6 Å².